The summed E-state index contributed by atoms with van der Waals surface area (Å²) in [6.07, 6.45) is 0.791. The zero-order valence-corrected chi connectivity index (χ0v) is 10.9. The van der Waals surface area contributed by atoms with Gasteiger partial charge in [-0.3, -0.25) is 4.79 Å². The van der Waals surface area contributed by atoms with Gasteiger partial charge in [0.1, 0.15) is 5.75 Å². The minimum atomic E-state index is -0.155. The van der Waals surface area contributed by atoms with Crippen LogP contribution in [0, 0.1) is 0 Å². The molecule has 1 rings (SSSR count). The zero-order valence-electron chi connectivity index (χ0n) is 10.9. The summed E-state index contributed by atoms with van der Waals surface area (Å²) in [4.78, 5) is 11.8. The van der Waals surface area contributed by atoms with Crippen molar-refractivity contribution >= 4 is 11.6 Å². The van der Waals surface area contributed by atoms with Crippen molar-refractivity contribution in [3.05, 3.63) is 23.8 Å². The molecule has 1 aromatic rings. The van der Waals surface area contributed by atoms with E-state index in [-0.39, 0.29) is 5.91 Å². The minimum absolute atomic E-state index is 0.155. The maximum absolute atomic E-state index is 11.8. The molecule has 0 bridgehead atoms. The number of nitrogens with one attached hydrogen (secondary N) is 1. The highest BCUT2D eigenvalue weighted by atomic mass is 16.5. The van der Waals surface area contributed by atoms with E-state index in [4.69, 9.17) is 15.2 Å². The van der Waals surface area contributed by atoms with Crippen molar-refractivity contribution in [2.24, 2.45) is 0 Å². The van der Waals surface area contributed by atoms with Gasteiger partial charge in [0, 0.05) is 37.1 Å². The summed E-state index contributed by atoms with van der Waals surface area (Å²) in [6.45, 7) is 3.87. The molecular weight excluding hydrogens is 232 g/mol. The lowest BCUT2D eigenvalue weighted by Crippen LogP contribution is -2.25. The first-order valence-electron chi connectivity index (χ1n) is 5.98. The molecule has 0 aliphatic heterocycles. The van der Waals surface area contributed by atoms with Crippen molar-refractivity contribution in [2.75, 3.05) is 32.6 Å². The fraction of sp³-hybridized carbons (Fsp3) is 0.462. The van der Waals surface area contributed by atoms with Gasteiger partial charge in [-0.15, -0.1) is 0 Å². The summed E-state index contributed by atoms with van der Waals surface area (Å²) in [5, 5.41) is 2.81. The highest BCUT2D eigenvalue weighted by molar-refractivity contribution is 5.95. The Bertz CT molecular complexity index is 394. The number of methoxy groups -OCH3 is 1. The summed E-state index contributed by atoms with van der Waals surface area (Å²) >= 11 is 0. The highest BCUT2D eigenvalue weighted by Gasteiger charge is 2.07. The smallest absolute Gasteiger partial charge is 0.251 e. The maximum atomic E-state index is 11.8. The van der Waals surface area contributed by atoms with Crippen molar-refractivity contribution in [1.82, 2.24) is 5.32 Å². The van der Waals surface area contributed by atoms with Crippen LogP contribution in [0.25, 0.3) is 0 Å². The number of benzene rings is 1. The average Bonchev–Trinajstić information content (AvgIpc) is 2.37. The van der Waals surface area contributed by atoms with Crippen molar-refractivity contribution in [3.8, 4) is 5.75 Å². The number of nitrogens with two attached hydrogens (primary N) is 1. The van der Waals surface area contributed by atoms with Crippen LogP contribution in [0.2, 0.25) is 0 Å². The van der Waals surface area contributed by atoms with Crippen LogP contribution in [0.4, 0.5) is 5.69 Å². The van der Waals surface area contributed by atoms with Gasteiger partial charge in [0.2, 0.25) is 0 Å². The maximum Gasteiger partial charge on any atom is 0.251 e. The fourth-order valence-corrected chi connectivity index (χ4v) is 1.49. The van der Waals surface area contributed by atoms with Crippen LogP contribution >= 0.6 is 0 Å². The van der Waals surface area contributed by atoms with Crippen LogP contribution in [-0.4, -0.2) is 32.8 Å². The summed E-state index contributed by atoms with van der Waals surface area (Å²) in [7, 11) is 1.54. The third-order valence-electron chi connectivity index (χ3n) is 2.38. The van der Waals surface area contributed by atoms with Gasteiger partial charge in [0.15, 0.2) is 0 Å². The minimum Gasteiger partial charge on any atom is -0.497 e. The SMILES string of the molecule is CCOCCCNC(=O)c1cc(N)cc(OC)c1. The molecule has 1 amide bonds. The Hall–Kier alpha value is -1.75. The molecule has 1 aromatic carbocycles. The van der Waals surface area contributed by atoms with Crippen molar-refractivity contribution in [2.45, 2.75) is 13.3 Å². The molecule has 0 spiro atoms. The molecule has 3 N–H and O–H groups in total. The molecule has 100 valence electrons. The number of anilines is 1. The molecule has 0 fully saturated rings. The second-order valence-electron chi connectivity index (χ2n) is 3.80. The standard InChI is InChI=1S/C13H20N2O3/c1-3-18-6-4-5-15-13(16)10-7-11(14)9-12(8-10)17-2/h7-9H,3-6,14H2,1-2H3,(H,15,16). The fourth-order valence-electron chi connectivity index (χ4n) is 1.49. The number of amides is 1. The van der Waals surface area contributed by atoms with Crippen LogP contribution < -0.4 is 15.8 Å². The van der Waals surface area contributed by atoms with Crippen LogP contribution in [0.1, 0.15) is 23.7 Å². The lowest BCUT2D eigenvalue weighted by atomic mass is 10.1. The highest BCUT2D eigenvalue weighted by Crippen LogP contribution is 2.18. The van der Waals surface area contributed by atoms with Crippen molar-refractivity contribution < 1.29 is 14.3 Å². The van der Waals surface area contributed by atoms with E-state index < -0.39 is 0 Å². The topological polar surface area (TPSA) is 73.6 Å². The van der Waals surface area contributed by atoms with Crippen molar-refractivity contribution in [3.63, 3.8) is 0 Å². The Morgan fingerprint density at radius 3 is 2.83 bits per heavy atom. The number of hydrogen-bond donors (Lipinski definition) is 2. The van der Waals surface area contributed by atoms with Gasteiger partial charge < -0.3 is 20.5 Å². The molecule has 0 aliphatic rings. The predicted molar refractivity (Wildman–Crippen MR) is 70.8 cm³/mol. The van der Waals surface area contributed by atoms with E-state index in [2.05, 4.69) is 5.32 Å². The summed E-state index contributed by atoms with van der Waals surface area (Å²) in [5.74, 6) is 0.423. The number of rotatable bonds is 7. The molecule has 0 saturated heterocycles. The zero-order chi connectivity index (χ0) is 13.4. The Morgan fingerprint density at radius 2 is 2.17 bits per heavy atom. The molecule has 0 aromatic heterocycles. The predicted octanol–water partition coefficient (Wildman–Crippen LogP) is 1.43. The first kappa shape index (κ1) is 14.3. The van der Waals surface area contributed by atoms with E-state index in [1.165, 1.54) is 0 Å². The average molecular weight is 252 g/mol. The lowest BCUT2D eigenvalue weighted by molar-refractivity contribution is 0.0944. The van der Waals surface area contributed by atoms with Crippen molar-refractivity contribution in [1.29, 1.82) is 0 Å². The monoisotopic (exact) mass is 252 g/mol. The van der Waals surface area contributed by atoms with Crippen LogP contribution in [-0.2, 0) is 4.74 Å². The molecule has 0 radical (unpaired) electrons. The number of ether oxygens (including phenoxy) is 2. The third kappa shape index (κ3) is 4.63. The van der Waals surface area contributed by atoms with Gasteiger partial charge >= 0.3 is 0 Å². The number of nitrogen functional groups attached to an aromatic ring is 1. The van der Waals surface area contributed by atoms with Gasteiger partial charge in [0.05, 0.1) is 7.11 Å². The molecule has 0 atom stereocenters. The number of carbonyl (C=O) groups excluding carboxylic acids is 1. The van der Waals surface area contributed by atoms with E-state index >= 15 is 0 Å². The molecule has 0 unspecified atom stereocenters. The molecule has 5 nitrogen and oxygen atoms in total. The first-order valence-corrected chi connectivity index (χ1v) is 5.98. The molecule has 0 aliphatic carbocycles. The van der Waals surface area contributed by atoms with Crippen LogP contribution in [0.5, 0.6) is 5.75 Å². The second-order valence-corrected chi connectivity index (χ2v) is 3.80. The Morgan fingerprint density at radius 1 is 1.39 bits per heavy atom. The van der Waals surface area contributed by atoms with Gasteiger partial charge in [-0.1, -0.05) is 0 Å². The van der Waals surface area contributed by atoms with E-state index in [0.29, 0.717) is 36.8 Å². The lowest BCUT2D eigenvalue weighted by Gasteiger charge is -2.08. The number of hydrogen-bond acceptors (Lipinski definition) is 4. The van der Waals surface area contributed by atoms with E-state index in [1.54, 1.807) is 25.3 Å². The molecule has 0 saturated carbocycles. The molecular formula is C13H20N2O3. The summed E-state index contributed by atoms with van der Waals surface area (Å²) in [6, 6.07) is 4.96. The van der Waals surface area contributed by atoms with Crippen LogP contribution in [0.15, 0.2) is 18.2 Å². The molecule has 18 heavy (non-hydrogen) atoms. The van der Waals surface area contributed by atoms with Gasteiger partial charge in [0.25, 0.3) is 5.91 Å². The van der Waals surface area contributed by atoms with Gasteiger partial charge in [-0.05, 0) is 25.5 Å². The molecule has 5 heteroatoms. The summed E-state index contributed by atoms with van der Waals surface area (Å²) in [5.41, 5.74) is 6.70. The normalized spacial score (nSPS) is 10.1. The largest absolute Gasteiger partial charge is 0.497 e. The van der Waals surface area contributed by atoms with Gasteiger partial charge in [-0.25, -0.2) is 0 Å². The number of carbonyl (C=O) groups is 1. The quantitative estimate of drug-likeness (QED) is 0.569. The van der Waals surface area contributed by atoms with E-state index in [0.717, 1.165) is 6.42 Å². The first-order chi connectivity index (χ1) is 8.67. The second kappa shape index (κ2) is 7.55. The van der Waals surface area contributed by atoms with E-state index in [1.807, 2.05) is 6.92 Å². The Kier molecular flexibility index (Phi) is 6.00. The van der Waals surface area contributed by atoms with Gasteiger partial charge in [-0.2, -0.15) is 0 Å². The van der Waals surface area contributed by atoms with E-state index in [9.17, 15) is 4.79 Å². The molecule has 0 heterocycles. The third-order valence-corrected chi connectivity index (χ3v) is 2.38. The Balaban J connectivity index is 2.48. The Labute approximate surface area is 107 Å². The van der Waals surface area contributed by atoms with Crippen LogP contribution in [0.3, 0.4) is 0 Å². The summed E-state index contributed by atoms with van der Waals surface area (Å²) < 4.78 is 10.2.